The molecule has 0 aliphatic carbocycles. The molecule has 1 aromatic carbocycles. The second kappa shape index (κ2) is 4.04. The Hall–Kier alpha value is -1.13. The van der Waals surface area contributed by atoms with Gasteiger partial charge in [0.05, 0.1) is 0 Å². The van der Waals surface area contributed by atoms with E-state index in [9.17, 15) is 4.21 Å². The van der Waals surface area contributed by atoms with Crippen LogP contribution in [0.15, 0.2) is 30.8 Å². The normalized spacial score (nSPS) is 12.1. The van der Waals surface area contributed by atoms with Crippen molar-refractivity contribution in [2.24, 2.45) is 0 Å². The van der Waals surface area contributed by atoms with Gasteiger partial charge in [0.1, 0.15) is 5.75 Å². The number of rotatable bonds is 3. The van der Waals surface area contributed by atoms with E-state index >= 15 is 0 Å². The van der Waals surface area contributed by atoms with Crippen molar-refractivity contribution in [2.45, 2.75) is 0 Å². The zero-order valence-corrected chi connectivity index (χ0v) is 7.08. The number of benzene rings is 1. The van der Waals surface area contributed by atoms with Crippen LogP contribution in [0.25, 0.3) is 6.08 Å². The van der Waals surface area contributed by atoms with Crippen LogP contribution >= 0.6 is 0 Å². The summed E-state index contributed by atoms with van der Waals surface area (Å²) in [6, 6.07) is 6.77. The van der Waals surface area contributed by atoms with Gasteiger partial charge in [-0.3, -0.25) is 4.55 Å². The Morgan fingerprint density at radius 1 is 1.58 bits per heavy atom. The summed E-state index contributed by atoms with van der Waals surface area (Å²) >= 11 is -2.26. The molecule has 1 rings (SSSR count). The third-order valence-electron chi connectivity index (χ3n) is 1.26. The van der Waals surface area contributed by atoms with Crippen LogP contribution in [0, 0.1) is 0 Å². The lowest BCUT2D eigenvalue weighted by Crippen LogP contribution is -1.96. The third-order valence-corrected chi connectivity index (χ3v) is 1.60. The maximum absolute atomic E-state index is 10.2. The molecule has 4 heteroatoms. The molecule has 0 radical (unpaired) electrons. The van der Waals surface area contributed by atoms with E-state index in [1.54, 1.807) is 24.3 Å². The number of hydrogen-bond acceptors (Lipinski definition) is 2. The van der Waals surface area contributed by atoms with Crippen molar-refractivity contribution >= 4 is 17.4 Å². The van der Waals surface area contributed by atoms with Crippen molar-refractivity contribution < 1.29 is 12.9 Å². The van der Waals surface area contributed by atoms with Gasteiger partial charge in [-0.15, -0.1) is 0 Å². The van der Waals surface area contributed by atoms with Crippen LogP contribution < -0.4 is 4.18 Å². The van der Waals surface area contributed by atoms with Crippen molar-refractivity contribution in [1.82, 2.24) is 0 Å². The van der Waals surface area contributed by atoms with Crippen LogP contribution in [0.5, 0.6) is 5.75 Å². The molecule has 0 heterocycles. The number of hydrogen-bond donors (Lipinski definition) is 1. The highest BCUT2D eigenvalue weighted by atomic mass is 32.2. The zero-order valence-electron chi connectivity index (χ0n) is 6.27. The molecule has 0 aromatic heterocycles. The van der Waals surface area contributed by atoms with Crippen LogP contribution in [0.3, 0.4) is 0 Å². The van der Waals surface area contributed by atoms with Crippen molar-refractivity contribution in [2.75, 3.05) is 0 Å². The van der Waals surface area contributed by atoms with Gasteiger partial charge in [-0.1, -0.05) is 24.8 Å². The van der Waals surface area contributed by atoms with E-state index < -0.39 is 11.4 Å². The molecule has 12 heavy (non-hydrogen) atoms. The minimum Gasteiger partial charge on any atom is -0.380 e. The summed E-state index contributed by atoms with van der Waals surface area (Å²) in [5.74, 6) is 0.355. The van der Waals surface area contributed by atoms with E-state index in [2.05, 4.69) is 10.8 Å². The third kappa shape index (κ3) is 2.48. The second-order valence-electron chi connectivity index (χ2n) is 2.08. The largest absolute Gasteiger partial charge is 0.380 e. The summed E-state index contributed by atoms with van der Waals surface area (Å²) < 4.78 is 23.2. The predicted molar refractivity (Wildman–Crippen MR) is 47.9 cm³/mol. The first kappa shape index (κ1) is 8.96. The molecule has 1 unspecified atom stereocenters. The molecule has 0 aliphatic heterocycles. The van der Waals surface area contributed by atoms with Crippen molar-refractivity contribution in [3.05, 3.63) is 36.4 Å². The maximum atomic E-state index is 10.2. The molecule has 0 fully saturated rings. The highest BCUT2D eigenvalue weighted by Gasteiger charge is 1.97. The fourth-order valence-electron chi connectivity index (χ4n) is 0.776. The molecule has 0 bridgehead atoms. The van der Waals surface area contributed by atoms with Gasteiger partial charge in [0.25, 0.3) is 0 Å². The average Bonchev–Trinajstić information content (AvgIpc) is 2.03. The highest BCUT2D eigenvalue weighted by Crippen LogP contribution is 2.14. The molecule has 0 saturated heterocycles. The lowest BCUT2D eigenvalue weighted by Gasteiger charge is -1.99. The minimum atomic E-state index is -2.26. The Morgan fingerprint density at radius 2 is 2.33 bits per heavy atom. The molecule has 0 amide bonds. The molecule has 0 saturated carbocycles. The fourth-order valence-corrected chi connectivity index (χ4v) is 1.04. The van der Waals surface area contributed by atoms with E-state index in [1.165, 1.54) is 0 Å². The summed E-state index contributed by atoms with van der Waals surface area (Å²) in [4.78, 5) is 0. The zero-order chi connectivity index (χ0) is 8.97. The van der Waals surface area contributed by atoms with Crippen LogP contribution in [0.4, 0.5) is 0 Å². The van der Waals surface area contributed by atoms with Crippen molar-refractivity contribution in [1.29, 1.82) is 0 Å². The Balaban J connectivity index is 2.86. The van der Waals surface area contributed by atoms with E-state index in [-0.39, 0.29) is 0 Å². The molecule has 64 valence electrons. The molecule has 1 N–H and O–H groups in total. The summed E-state index contributed by atoms with van der Waals surface area (Å²) in [6.45, 7) is 3.56. The fraction of sp³-hybridized carbons (Fsp3) is 0. The second-order valence-corrected chi connectivity index (χ2v) is 2.68. The van der Waals surface area contributed by atoms with Gasteiger partial charge in [0, 0.05) is 0 Å². The quantitative estimate of drug-likeness (QED) is 0.729. The summed E-state index contributed by atoms with van der Waals surface area (Å²) in [5.41, 5.74) is 0.845. The smallest absolute Gasteiger partial charge is 0.357 e. The first-order valence-electron chi connectivity index (χ1n) is 3.24. The monoisotopic (exact) mass is 184 g/mol. The Kier molecular flexibility index (Phi) is 3.01. The van der Waals surface area contributed by atoms with Crippen LogP contribution in [0.1, 0.15) is 5.56 Å². The Morgan fingerprint density at radius 3 is 2.92 bits per heavy atom. The van der Waals surface area contributed by atoms with Gasteiger partial charge >= 0.3 is 11.4 Å². The Labute approximate surface area is 73.2 Å². The van der Waals surface area contributed by atoms with Crippen molar-refractivity contribution in [3.8, 4) is 5.75 Å². The SMILES string of the molecule is C=Cc1cccc(OS(=O)O)c1. The molecule has 0 aliphatic rings. The van der Waals surface area contributed by atoms with E-state index in [4.69, 9.17) is 4.55 Å². The summed E-state index contributed by atoms with van der Waals surface area (Å²) in [6.07, 6.45) is 1.63. The van der Waals surface area contributed by atoms with Crippen molar-refractivity contribution in [3.63, 3.8) is 0 Å². The van der Waals surface area contributed by atoms with Crippen LogP contribution in [0.2, 0.25) is 0 Å². The van der Waals surface area contributed by atoms with Crippen LogP contribution in [-0.2, 0) is 11.4 Å². The molecule has 3 nitrogen and oxygen atoms in total. The first-order valence-corrected chi connectivity index (χ1v) is 4.27. The minimum absolute atomic E-state index is 0.355. The van der Waals surface area contributed by atoms with Gasteiger partial charge in [-0.25, -0.2) is 0 Å². The van der Waals surface area contributed by atoms with E-state index in [1.807, 2.05) is 6.07 Å². The van der Waals surface area contributed by atoms with Gasteiger partial charge in [0.15, 0.2) is 0 Å². The molecular formula is C8H8O3S. The molecular weight excluding hydrogens is 176 g/mol. The molecule has 1 aromatic rings. The topological polar surface area (TPSA) is 46.5 Å². The summed E-state index contributed by atoms with van der Waals surface area (Å²) in [5, 5.41) is 0. The predicted octanol–water partition coefficient (Wildman–Crippen LogP) is 1.85. The lowest BCUT2D eigenvalue weighted by molar-refractivity contribution is 0.458. The molecule has 0 spiro atoms. The van der Waals surface area contributed by atoms with Gasteiger partial charge in [-0.05, 0) is 17.7 Å². The van der Waals surface area contributed by atoms with Gasteiger partial charge in [-0.2, -0.15) is 4.21 Å². The van der Waals surface area contributed by atoms with Gasteiger partial charge < -0.3 is 4.18 Å². The van der Waals surface area contributed by atoms with E-state index in [0.717, 1.165) is 5.56 Å². The van der Waals surface area contributed by atoms with E-state index in [0.29, 0.717) is 5.75 Å². The van der Waals surface area contributed by atoms with Crippen LogP contribution in [-0.4, -0.2) is 8.76 Å². The highest BCUT2D eigenvalue weighted by molar-refractivity contribution is 7.74. The average molecular weight is 184 g/mol. The molecule has 1 atom stereocenters. The standard InChI is InChI=1S/C8H8O3S/c1-2-7-4-3-5-8(6-7)11-12(9)10/h2-6H,1H2,(H,9,10). The first-order chi connectivity index (χ1) is 5.72. The maximum Gasteiger partial charge on any atom is 0.357 e. The lowest BCUT2D eigenvalue weighted by atomic mass is 10.2. The Bertz CT molecular complexity index is 309. The summed E-state index contributed by atoms with van der Waals surface area (Å²) in [7, 11) is 0. The van der Waals surface area contributed by atoms with Gasteiger partial charge in [0.2, 0.25) is 0 Å².